The molecule has 0 saturated heterocycles. The molecule has 0 radical (unpaired) electrons. The Kier molecular flexibility index (Phi) is 2.31. The van der Waals surface area contributed by atoms with Crippen molar-refractivity contribution < 1.29 is 9.90 Å². The molecule has 2 aromatic heterocycles. The van der Waals surface area contributed by atoms with Crippen LogP contribution in [-0.2, 0) is 0 Å². The van der Waals surface area contributed by atoms with Crippen LogP contribution in [0.5, 0.6) is 0 Å². The molecule has 14 heavy (non-hydrogen) atoms. The lowest BCUT2D eigenvalue weighted by molar-refractivity contribution is 0.0702. The highest BCUT2D eigenvalue weighted by Crippen LogP contribution is 2.21. The number of rotatable bonds is 1. The van der Waals surface area contributed by atoms with Gasteiger partial charge < -0.3 is 5.11 Å². The Morgan fingerprint density at radius 3 is 2.79 bits per heavy atom. The number of aromatic nitrogens is 1. The molecule has 4 nitrogen and oxygen atoms in total. The number of carboxylic acid groups (broad SMARTS) is 1. The molecule has 2 heterocycles. The van der Waals surface area contributed by atoms with Crippen molar-refractivity contribution in [1.82, 2.24) is 4.40 Å². The summed E-state index contributed by atoms with van der Waals surface area (Å²) in [7, 11) is 0. The molecule has 1 N–H and O–H groups in total. The van der Waals surface area contributed by atoms with Crippen molar-refractivity contribution >= 4 is 44.7 Å². The van der Waals surface area contributed by atoms with Gasteiger partial charge in [0.1, 0.15) is 9.71 Å². The Balaban J connectivity index is 2.89. The third kappa shape index (κ3) is 1.44. The SMILES string of the molecule is O=C(O)c1cn2c(=O)ccc(I)c2s1. The van der Waals surface area contributed by atoms with E-state index in [0.29, 0.717) is 4.83 Å². The second kappa shape index (κ2) is 3.35. The van der Waals surface area contributed by atoms with Crippen LogP contribution in [0.4, 0.5) is 0 Å². The normalized spacial score (nSPS) is 10.6. The van der Waals surface area contributed by atoms with E-state index < -0.39 is 5.97 Å². The van der Waals surface area contributed by atoms with Gasteiger partial charge in [-0.25, -0.2) is 4.79 Å². The van der Waals surface area contributed by atoms with Crippen LogP contribution in [0.25, 0.3) is 4.83 Å². The number of nitrogens with zero attached hydrogens (tertiary/aromatic N) is 1. The van der Waals surface area contributed by atoms with Gasteiger partial charge in [-0.3, -0.25) is 9.20 Å². The first kappa shape index (κ1) is 9.66. The lowest BCUT2D eigenvalue weighted by atomic mass is 10.5. The summed E-state index contributed by atoms with van der Waals surface area (Å²) in [6.07, 6.45) is 1.35. The summed E-state index contributed by atoms with van der Waals surface area (Å²) in [5.74, 6) is -1.01. The number of halogens is 1. The standard InChI is InChI=1S/C8H4INO3S/c9-4-1-2-6(11)10-3-5(8(12)13)14-7(4)10/h1-3H,(H,12,13). The highest BCUT2D eigenvalue weighted by molar-refractivity contribution is 14.1. The Labute approximate surface area is 95.9 Å². The molecule has 0 atom stereocenters. The predicted octanol–water partition coefficient (Wildman–Crippen LogP) is 1.66. The fourth-order valence-corrected chi connectivity index (χ4v) is 2.71. The van der Waals surface area contributed by atoms with Gasteiger partial charge in [0.15, 0.2) is 0 Å². The van der Waals surface area contributed by atoms with Crippen molar-refractivity contribution in [3.8, 4) is 0 Å². The Bertz CT molecular complexity index is 571. The molecule has 0 aromatic carbocycles. The summed E-state index contributed by atoms with van der Waals surface area (Å²) in [6, 6.07) is 3.10. The van der Waals surface area contributed by atoms with E-state index in [-0.39, 0.29) is 10.4 Å². The maximum atomic E-state index is 11.3. The highest BCUT2D eigenvalue weighted by atomic mass is 127. The van der Waals surface area contributed by atoms with Crippen molar-refractivity contribution in [3.05, 3.63) is 37.1 Å². The highest BCUT2D eigenvalue weighted by Gasteiger charge is 2.10. The number of carbonyl (C=O) groups is 1. The summed E-state index contributed by atoms with van der Waals surface area (Å²) in [4.78, 5) is 22.9. The summed E-state index contributed by atoms with van der Waals surface area (Å²) in [6.45, 7) is 0. The number of pyridine rings is 1. The van der Waals surface area contributed by atoms with Crippen LogP contribution < -0.4 is 5.56 Å². The van der Waals surface area contributed by atoms with E-state index in [4.69, 9.17) is 5.11 Å². The minimum atomic E-state index is -1.01. The maximum absolute atomic E-state index is 11.3. The number of fused-ring (bicyclic) bond motifs is 1. The molecule has 0 bridgehead atoms. The molecule has 2 aromatic rings. The fourth-order valence-electron chi connectivity index (χ4n) is 1.08. The predicted molar refractivity (Wildman–Crippen MR) is 61.2 cm³/mol. The van der Waals surface area contributed by atoms with Crippen LogP contribution >= 0.6 is 33.9 Å². The Morgan fingerprint density at radius 2 is 2.21 bits per heavy atom. The molecule has 0 aliphatic rings. The van der Waals surface area contributed by atoms with E-state index in [1.807, 2.05) is 0 Å². The first-order valence-electron chi connectivity index (χ1n) is 3.63. The third-order valence-corrected chi connectivity index (χ3v) is 4.04. The van der Waals surface area contributed by atoms with Gasteiger partial charge in [-0.15, -0.1) is 11.3 Å². The van der Waals surface area contributed by atoms with E-state index in [9.17, 15) is 9.59 Å². The molecule has 0 aliphatic carbocycles. The summed E-state index contributed by atoms with van der Waals surface area (Å²) in [5.41, 5.74) is -0.204. The fraction of sp³-hybridized carbons (Fsp3) is 0. The molecule has 2 rings (SSSR count). The van der Waals surface area contributed by atoms with Crippen LogP contribution in [0, 0.1) is 3.57 Å². The summed E-state index contributed by atoms with van der Waals surface area (Å²) < 4.78 is 2.23. The largest absolute Gasteiger partial charge is 0.477 e. The summed E-state index contributed by atoms with van der Waals surface area (Å²) >= 11 is 3.17. The minimum Gasteiger partial charge on any atom is -0.477 e. The molecule has 0 spiro atoms. The second-order valence-corrected chi connectivity index (χ2v) is 4.79. The van der Waals surface area contributed by atoms with Crippen molar-refractivity contribution in [2.45, 2.75) is 0 Å². The lowest BCUT2D eigenvalue weighted by Gasteiger charge is -1.92. The molecule has 0 aliphatic heterocycles. The van der Waals surface area contributed by atoms with E-state index in [0.717, 1.165) is 14.9 Å². The van der Waals surface area contributed by atoms with Crippen molar-refractivity contribution in [2.75, 3.05) is 0 Å². The second-order valence-electron chi connectivity index (χ2n) is 2.60. The van der Waals surface area contributed by atoms with Crippen LogP contribution in [0.3, 0.4) is 0 Å². The average molecular weight is 321 g/mol. The van der Waals surface area contributed by atoms with Crippen molar-refractivity contribution in [2.24, 2.45) is 0 Å². The molecule has 0 saturated carbocycles. The molecule has 0 amide bonds. The third-order valence-electron chi connectivity index (χ3n) is 1.70. The number of hydrogen-bond donors (Lipinski definition) is 1. The van der Waals surface area contributed by atoms with Crippen LogP contribution in [0.15, 0.2) is 23.1 Å². The van der Waals surface area contributed by atoms with Crippen LogP contribution in [-0.4, -0.2) is 15.5 Å². The van der Waals surface area contributed by atoms with Gasteiger partial charge in [-0.1, -0.05) is 0 Å². The van der Waals surface area contributed by atoms with Crippen LogP contribution in [0.2, 0.25) is 0 Å². The van der Waals surface area contributed by atoms with Gasteiger partial charge in [0.25, 0.3) is 5.56 Å². The van der Waals surface area contributed by atoms with Crippen molar-refractivity contribution in [3.63, 3.8) is 0 Å². The quantitative estimate of drug-likeness (QED) is 0.813. The zero-order valence-corrected chi connectivity index (χ0v) is 9.70. The zero-order valence-electron chi connectivity index (χ0n) is 6.73. The lowest BCUT2D eigenvalue weighted by Crippen LogP contribution is -2.09. The molecule has 0 unspecified atom stereocenters. The van der Waals surface area contributed by atoms with E-state index in [2.05, 4.69) is 22.6 Å². The van der Waals surface area contributed by atoms with Gasteiger partial charge >= 0.3 is 5.97 Å². The minimum absolute atomic E-state index is 0.172. The zero-order chi connectivity index (χ0) is 10.3. The van der Waals surface area contributed by atoms with E-state index >= 15 is 0 Å². The van der Waals surface area contributed by atoms with Gasteiger partial charge in [0, 0.05) is 15.8 Å². The molecular weight excluding hydrogens is 317 g/mol. The Hall–Kier alpha value is -0.890. The topological polar surface area (TPSA) is 58.8 Å². The van der Waals surface area contributed by atoms with Crippen LogP contribution in [0.1, 0.15) is 9.67 Å². The van der Waals surface area contributed by atoms with Gasteiger partial charge in [0.05, 0.1) is 0 Å². The number of carboxylic acids is 1. The number of thiazole rings is 1. The molecule has 6 heteroatoms. The molecule has 72 valence electrons. The number of aromatic carboxylic acids is 1. The molecule has 0 fully saturated rings. The summed E-state index contributed by atoms with van der Waals surface area (Å²) in [5, 5.41) is 8.76. The van der Waals surface area contributed by atoms with Crippen molar-refractivity contribution in [1.29, 1.82) is 0 Å². The van der Waals surface area contributed by atoms with E-state index in [1.54, 1.807) is 6.07 Å². The average Bonchev–Trinajstić information content (AvgIpc) is 2.57. The van der Waals surface area contributed by atoms with Gasteiger partial charge in [0.2, 0.25) is 0 Å². The van der Waals surface area contributed by atoms with Gasteiger partial charge in [-0.2, -0.15) is 0 Å². The first-order chi connectivity index (χ1) is 6.59. The smallest absolute Gasteiger partial charge is 0.347 e. The van der Waals surface area contributed by atoms with E-state index in [1.165, 1.54) is 16.7 Å². The molecular formula is C8H4INO3S. The van der Waals surface area contributed by atoms with Gasteiger partial charge in [-0.05, 0) is 28.7 Å². The Morgan fingerprint density at radius 1 is 1.50 bits per heavy atom. The maximum Gasteiger partial charge on any atom is 0.347 e. The monoisotopic (exact) mass is 321 g/mol. The first-order valence-corrected chi connectivity index (χ1v) is 5.53. The number of hydrogen-bond acceptors (Lipinski definition) is 3.